The van der Waals surface area contributed by atoms with Crippen LogP contribution in [-0.4, -0.2) is 24.0 Å². The summed E-state index contributed by atoms with van der Waals surface area (Å²) in [5, 5.41) is 0. The zero-order valence-electron chi connectivity index (χ0n) is 10.9. The van der Waals surface area contributed by atoms with Crippen molar-refractivity contribution in [3.63, 3.8) is 0 Å². The van der Waals surface area contributed by atoms with Crippen LogP contribution in [0, 0.1) is 17.6 Å². The largest absolute Gasteiger partial charge is 0.330 e. The van der Waals surface area contributed by atoms with Crippen LogP contribution in [0.3, 0.4) is 0 Å². The summed E-state index contributed by atoms with van der Waals surface area (Å²) in [5.41, 5.74) is 6.12. The van der Waals surface area contributed by atoms with Gasteiger partial charge in [0, 0.05) is 24.2 Å². The summed E-state index contributed by atoms with van der Waals surface area (Å²) in [7, 11) is 0. The zero-order valence-corrected chi connectivity index (χ0v) is 10.9. The van der Waals surface area contributed by atoms with Crippen LogP contribution >= 0.6 is 0 Å². The average Bonchev–Trinajstić information content (AvgIpc) is 2.73. The fourth-order valence-electron chi connectivity index (χ4n) is 2.89. The van der Waals surface area contributed by atoms with Crippen LogP contribution in [0.1, 0.15) is 31.9 Å². The lowest BCUT2D eigenvalue weighted by atomic mass is 10.1. The standard InChI is InChI=1S/C14H20F2N2/c1-9-5-11(7-17)8-18(9)10(2)13-6-12(15)3-4-14(13)16/h3-4,6,9-11H,5,7-8,17H2,1-2H3. The number of halogens is 2. The average molecular weight is 254 g/mol. The summed E-state index contributed by atoms with van der Waals surface area (Å²) in [6.45, 7) is 5.55. The van der Waals surface area contributed by atoms with Crippen molar-refractivity contribution in [3.8, 4) is 0 Å². The lowest BCUT2D eigenvalue weighted by Gasteiger charge is -2.29. The second kappa shape index (κ2) is 5.33. The highest BCUT2D eigenvalue weighted by Gasteiger charge is 2.32. The molecule has 0 aliphatic carbocycles. The van der Waals surface area contributed by atoms with Gasteiger partial charge in [0.25, 0.3) is 0 Å². The third-order valence-electron chi connectivity index (χ3n) is 3.95. The molecule has 0 bridgehead atoms. The van der Waals surface area contributed by atoms with Crippen molar-refractivity contribution >= 4 is 0 Å². The van der Waals surface area contributed by atoms with Gasteiger partial charge in [-0.3, -0.25) is 4.90 Å². The normalized spacial score (nSPS) is 26.5. The van der Waals surface area contributed by atoms with Gasteiger partial charge in [-0.2, -0.15) is 0 Å². The number of likely N-dealkylation sites (tertiary alicyclic amines) is 1. The Bertz CT molecular complexity index is 422. The minimum Gasteiger partial charge on any atom is -0.330 e. The molecule has 2 nitrogen and oxygen atoms in total. The maximum Gasteiger partial charge on any atom is 0.128 e. The molecule has 1 aliphatic rings. The summed E-state index contributed by atoms with van der Waals surface area (Å²) in [4.78, 5) is 2.20. The molecule has 1 saturated heterocycles. The smallest absolute Gasteiger partial charge is 0.128 e. The van der Waals surface area contributed by atoms with Gasteiger partial charge in [-0.05, 0) is 50.9 Å². The molecule has 4 heteroatoms. The SMILES string of the molecule is CC1CC(CN)CN1C(C)c1cc(F)ccc1F. The van der Waals surface area contributed by atoms with Gasteiger partial charge in [-0.1, -0.05) is 0 Å². The van der Waals surface area contributed by atoms with E-state index >= 15 is 0 Å². The highest BCUT2D eigenvalue weighted by atomic mass is 19.1. The van der Waals surface area contributed by atoms with Gasteiger partial charge in [0.1, 0.15) is 11.6 Å². The van der Waals surface area contributed by atoms with Gasteiger partial charge in [0.15, 0.2) is 0 Å². The molecule has 1 aliphatic heterocycles. The molecule has 3 unspecified atom stereocenters. The fraction of sp³-hybridized carbons (Fsp3) is 0.571. The number of benzene rings is 1. The van der Waals surface area contributed by atoms with E-state index in [1.165, 1.54) is 12.1 Å². The summed E-state index contributed by atoms with van der Waals surface area (Å²) in [6.07, 6.45) is 1.03. The first-order chi connectivity index (χ1) is 8.52. The molecule has 1 aromatic carbocycles. The van der Waals surface area contributed by atoms with Gasteiger partial charge in [-0.15, -0.1) is 0 Å². The first-order valence-corrected chi connectivity index (χ1v) is 6.43. The monoisotopic (exact) mass is 254 g/mol. The molecule has 100 valence electrons. The van der Waals surface area contributed by atoms with E-state index in [0.717, 1.165) is 19.0 Å². The number of hydrogen-bond donors (Lipinski definition) is 1. The van der Waals surface area contributed by atoms with E-state index < -0.39 is 0 Å². The highest BCUT2D eigenvalue weighted by molar-refractivity contribution is 5.22. The Balaban J connectivity index is 2.20. The van der Waals surface area contributed by atoms with Gasteiger partial charge < -0.3 is 5.73 Å². The second-order valence-electron chi connectivity index (χ2n) is 5.23. The summed E-state index contributed by atoms with van der Waals surface area (Å²) >= 11 is 0. The van der Waals surface area contributed by atoms with Crippen LogP contribution in [0.15, 0.2) is 18.2 Å². The van der Waals surface area contributed by atoms with Crippen molar-refractivity contribution < 1.29 is 8.78 Å². The van der Waals surface area contributed by atoms with Crippen LogP contribution in [0.5, 0.6) is 0 Å². The lowest BCUT2D eigenvalue weighted by Crippen LogP contribution is -2.31. The minimum atomic E-state index is -0.388. The first kappa shape index (κ1) is 13.4. The number of nitrogens with zero attached hydrogens (tertiary/aromatic N) is 1. The molecule has 0 aromatic heterocycles. The molecule has 18 heavy (non-hydrogen) atoms. The molecule has 1 fully saturated rings. The third-order valence-corrected chi connectivity index (χ3v) is 3.95. The lowest BCUT2D eigenvalue weighted by molar-refractivity contribution is 0.196. The number of hydrogen-bond acceptors (Lipinski definition) is 2. The van der Waals surface area contributed by atoms with Crippen molar-refractivity contribution in [3.05, 3.63) is 35.4 Å². The maximum absolute atomic E-state index is 13.8. The quantitative estimate of drug-likeness (QED) is 0.898. The van der Waals surface area contributed by atoms with Crippen molar-refractivity contribution in [2.75, 3.05) is 13.1 Å². The van der Waals surface area contributed by atoms with Gasteiger partial charge >= 0.3 is 0 Å². The topological polar surface area (TPSA) is 29.3 Å². The molecule has 0 saturated carbocycles. The van der Waals surface area contributed by atoms with E-state index in [0.29, 0.717) is 24.1 Å². The number of rotatable bonds is 3. The van der Waals surface area contributed by atoms with Crippen LogP contribution in [0.25, 0.3) is 0 Å². The minimum absolute atomic E-state index is 0.118. The van der Waals surface area contributed by atoms with Crippen LogP contribution in [0.4, 0.5) is 8.78 Å². The van der Waals surface area contributed by atoms with Gasteiger partial charge in [-0.25, -0.2) is 8.78 Å². The highest BCUT2D eigenvalue weighted by Crippen LogP contribution is 2.32. The Morgan fingerprint density at radius 3 is 2.78 bits per heavy atom. The predicted octanol–water partition coefficient (Wildman–Crippen LogP) is 2.69. The van der Waals surface area contributed by atoms with E-state index in [4.69, 9.17) is 5.73 Å². The molecular weight excluding hydrogens is 234 g/mol. The molecule has 0 amide bonds. The summed E-state index contributed by atoms with van der Waals surface area (Å²) in [6, 6.07) is 3.88. The summed E-state index contributed by atoms with van der Waals surface area (Å²) < 4.78 is 27.0. The molecule has 2 rings (SSSR count). The van der Waals surface area contributed by atoms with Gasteiger partial charge in [0.05, 0.1) is 0 Å². The Labute approximate surface area is 107 Å². The summed E-state index contributed by atoms with van der Waals surface area (Å²) in [5.74, 6) is -0.271. The predicted molar refractivity (Wildman–Crippen MR) is 68.1 cm³/mol. The number of nitrogens with two attached hydrogens (primary N) is 1. The molecule has 1 aromatic rings. The molecule has 2 N–H and O–H groups in total. The Kier molecular flexibility index (Phi) is 3.97. The molecule has 0 radical (unpaired) electrons. The zero-order chi connectivity index (χ0) is 13.3. The van der Waals surface area contributed by atoms with Crippen LogP contribution in [-0.2, 0) is 0 Å². The van der Waals surface area contributed by atoms with E-state index in [2.05, 4.69) is 11.8 Å². The molecule has 3 atom stereocenters. The van der Waals surface area contributed by atoms with Crippen molar-refractivity contribution in [1.29, 1.82) is 0 Å². The van der Waals surface area contributed by atoms with Crippen molar-refractivity contribution in [2.24, 2.45) is 11.7 Å². The Hall–Kier alpha value is -1.00. The van der Waals surface area contributed by atoms with Crippen molar-refractivity contribution in [2.45, 2.75) is 32.4 Å². The Morgan fingerprint density at radius 1 is 1.44 bits per heavy atom. The molecular formula is C14H20F2N2. The fourth-order valence-corrected chi connectivity index (χ4v) is 2.89. The first-order valence-electron chi connectivity index (χ1n) is 6.43. The molecule has 0 spiro atoms. The van der Waals surface area contributed by atoms with Gasteiger partial charge in [0.2, 0.25) is 0 Å². The van der Waals surface area contributed by atoms with Crippen molar-refractivity contribution in [1.82, 2.24) is 4.90 Å². The van der Waals surface area contributed by atoms with E-state index in [-0.39, 0.29) is 17.7 Å². The van der Waals surface area contributed by atoms with E-state index in [9.17, 15) is 8.78 Å². The van der Waals surface area contributed by atoms with Crippen LogP contribution in [0.2, 0.25) is 0 Å². The van der Waals surface area contributed by atoms with E-state index in [1.807, 2.05) is 6.92 Å². The molecule has 1 heterocycles. The third kappa shape index (κ3) is 2.54. The maximum atomic E-state index is 13.8. The van der Waals surface area contributed by atoms with E-state index in [1.54, 1.807) is 0 Å². The Morgan fingerprint density at radius 2 is 2.17 bits per heavy atom. The van der Waals surface area contributed by atoms with Crippen LogP contribution < -0.4 is 5.73 Å². The second-order valence-corrected chi connectivity index (χ2v) is 5.23.